The Morgan fingerprint density at radius 1 is 1.08 bits per heavy atom. The number of nitrogens with zero attached hydrogens (tertiary/aromatic N) is 4. The van der Waals surface area contributed by atoms with E-state index < -0.39 is 30.0 Å². The van der Waals surface area contributed by atoms with Crippen LogP contribution in [0, 0.1) is 5.92 Å². The number of carbonyl (C=O) groups is 3. The minimum absolute atomic E-state index is 0.0309. The maximum atomic E-state index is 13.7. The molecule has 11 heteroatoms. The molecule has 0 spiro atoms. The zero-order valence-electron chi connectivity index (χ0n) is 21.6. The van der Waals surface area contributed by atoms with Crippen LogP contribution in [0.3, 0.4) is 0 Å². The van der Waals surface area contributed by atoms with Gasteiger partial charge in [0.05, 0.1) is 18.7 Å². The van der Waals surface area contributed by atoms with Gasteiger partial charge in [-0.05, 0) is 29.2 Å². The third-order valence-electron chi connectivity index (χ3n) is 7.18. The number of fused-ring (bicyclic) bond motifs is 1. The molecule has 0 aromatic heterocycles. The van der Waals surface area contributed by atoms with Crippen molar-refractivity contribution in [3.8, 4) is 0 Å². The molecule has 2 fully saturated rings. The first-order valence-corrected chi connectivity index (χ1v) is 12.6. The lowest BCUT2D eigenvalue weighted by molar-refractivity contribution is -0.191. The molecule has 2 aliphatic heterocycles. The average Bonchev–Trinajstić information content (AvgIpc) is 2.88. The van der Waals surface area contributed by atoms with Gasteiger partial charge in [-0.15, -0.1) is 0 Å². The zero-order valence-corrected chi connectivity index (χ0v) is 21.6. The van der Waals surface area contributed by atoms with Crippen LogP contribution in [0.2, 0.25) is 0 Å². The van der Waals surface area contributed by atoms with Crippen LogP contribution >= 0.6 is 0 Å². The molecule has 204 valence electrons. The van der Waals surface area contributed by atoms with E-state index in [1.807, 2.05) is 44.2 Å². The molecule has 2 aromatic rings. The smallest absolute Gasteiger partial charge is 0.333 e. The number of nitrogens with one attached hydrogen (secondary N) is 1. The van der Waals surface area contributed by atoms with E-state index in [1.165, 1.54) is 32.0 Å². The summed E-state index contributed by atoms with van der Waals surface area (Å²) in [6.45, 7) is 3.85. The van der Waals surface area contributed by atoms with Gasteiger partial charge in [-0.25, -0.2) is 14.8 Å². The van der Waals surface area contributed by atoms with Crippen molar-refractivity contribution in [2.24, 2.45) is 5.92 Å². The lowest BCUT2D eigenvalue weighted by atomic mass is 9.92. The number of hydrogen-bond acceptors (Lipinski definition) is 4. The van der Waals surface area contributed by atoms with Crippen molar-refractivity contribution in [1.29, 1.82) is 0 Å². The second-order valence-electron chi connectivity index (χ2n) is 9.83. The highest BCUT2D eigenvalue weighted by Crippen LogP contribution is 2.33. The number of alkyl halides is 3. The van der Waals surface area contributed by atoms with Crippen LogP contribution in [0.15, 0.2) is 54.6 Å². The Hall–Kier alpha value is -3.60. The Morgan fingerprint density at radius 2 is 1.76 bits per heavy atom. The molecule has 4 amide bonds. The van der Waals surface area contributed by atoms with Crippen LogP contribution in [0.1, 0.15) is 37.0 Å². The van der Waals surface area contributed by atoms with Crippen LogP contribution in [0.5, 0.6) is 0 Å². The molecule has 0 radical (unpaired) electrons. The quantitative estimate of drug-likeness (QED) is 0.617. The summed E-state index contributed by atoms with van der Waals surface area (Å²) in [5, 5.41) is 5.84. The second kappa shape index (κ2) is 11.0. The first-order chi connectivity index (χ1) is 18.0. The summed E-state index contributed by atoms with van der Waals surface area (Å²) < 4.78 is 39.9. The van der Waals surface area contributed by atoms with Crippen molar-refractivity contribution in [2.45, 2.75) is 51.7 Å². The molecule has 8 nitrogen and oxygen atoms in total. The highest BCUT2D eigenvalue weighted by Gasteiger charge is 2.51. The number of urea groups is 1. The highest BCUT2D eigenvalue weighted by atomic mass is 19.4. The fraction of sp³-hybridized carbons (Fsp3) is 0.444. The number of piperazine rings is 1. The van der Waals surface area contributed by atoms with E-state index in [-0.39, 0.29) is 43.9 Å². The molecular formula is C27H32F3N5O3. The molecule has 2 saturated heterocycles. The second-order valence-corrected chi connectivity index (χ2v) is 9.83. The predicted molar refractivity (Wildman–Crippen MR) is 134 cm³/mol. The average molecular weight is 532 g/mol. The van der Waals surface area contributed by atoms with Gasteiger partial charge in [-0.3, -0.25) is 9.59 Å². The van der Waals surface area contributed by atoms with Gasteiger partial charge < -0.3 is 15.1 Å². The molecule has 2 aliphatic rings. The van der Waals surface area contributed by atoms with Gasteiger partial charge in [-0.1, -0.05) is 62.7 Å². The van der Waals surface area contributed by atoms with Crippen molar-refractivity contribution >= 4 is 17.8 Å². The molecule has 3 atom stereocenters. The topological polar surface area (TPSA) is 76.2 Å². The summed E-state index contributed by atoms with van der Waals surface area (Å²) >= 11 is 0. The SMILES string of the molecule is CCC(C)[C@H]1C(=O)N(Cc2cccc(C(F)(F)F)c2)C[C@H]2N1C(=O)CN(C)N2C(=O)NCc1ccccc1. The van der Waals surface area contributed by atoms with Crippen molar-refractivity contribution in [2.75, 3.05) is 20.1 Å². The molecule has 0 bridgehead atoms. The number of hydrazine groups is 1. The van der Waals surface area contributed by atoms with E-state index in [2.05, 4.69) is 5.32 Å². The number of rotatable bonds is 6. The molecular weight excluding hydrogens is 499 g/mol. The molecule has 0 aliphatic carbocycles. The maximum Gasteiger partial charge on any atom is 0.416 e. The largest absolute Gasteiger partial charge is 0.416 e. The normalized spacial score (nSPS) is 21.4. The number of likely N-dealkylation sites (N-methyl/N-ethyl adjacent to an activating group) is 1. The number of hydrogen-bond donors (Lipinski definition) is 1. The van der Waals surface area contributed by atoms with Crippen LogP contribution in [0.4, 0.5) is 18.0 Å². The van der Waals surface area contributed by atoms with Crippen molar-refractivity contribution in [3.05, 3.63) is 71.3 Å². The zero-order chi connectivity index (χ0) is 27.6. The van der Waals surface area contributed by atoms with Gasteiger partial charge in [0.2, 0.25) is 11.8 Å². The first kappa shape index (κ1) is 27.4. The number of carbonyl (C=O) groups excluding carboxylic acids is 3. The number of halogens is 3. The van der Waals surface area contributed by atoms with E-state index in [0.29, 0.717) is 12.0 Å². The molecule has 38 heavy (non-hydrogen) atoms. The minimum atomic E-state index is -4.51. The molecule has 2 aromatic carbocycles. The van der Waals surface area contributed by atoms with Crippen LogP contribution in [-0.2, 0) is 28.9 Å². The monoisotopic (exact) mass is 531 g/mol. The van der Waals surface area contributed by atoms with Crippen LogP contribution in [-0.4, -0.2) is 70.0 Å². The summed E-state index contributed by atoms with van der Waals surface area (Å²) in [7, 11) is 1.63. The van der Waals surface area contributed by atoms with Gasteiger partial charge in [-0.2, -0.15) is 13.2 Å². The number of amides is 4. The highest BCUT2D eigenvalue weighted by molar-refractivity contribution is 5.91. The van der Waals surface area contributed by atoms with Gasteiger partial charge in [0.1, 0.15) is 12.2 Å². The summed E-state index contributed by atoms with van der Waals surface area (Å²) in [4.78, 5) is 43.2. The predicted octanol–water partition coefficient (Wildman–Crippen LogP) is 3.69. The maximum absolute atomic E-state index is 13.7. The van der Waals surface area contributed by atoms with Gasteiger partial charge >= 0.3 is 12.2 Å². The Bertz CT molecular complexity index is 1180. The molecule has 1 unspecified atom stereocenters. The summed E-state index contributed by atoms with van der Waals surface area (Å²) in [6.07, 6.45) is -4.72. The Morgan fingerprint density at radius 3 is 2.42 bits per heavy atom. The van der Waals surface area contributed by atoms with Crippen LogP contribution < -0.4 is 5.32 Å². The Balaban J connectivity index is 1.64. The third kappa shape index (κ3) is 5.62. The molecule has 1 N–H and O–H groups in total. The van der Waals surface area contributed by atoms with E-state index in [4.69, 9.17) is 0 Å². The standard InChI is InChI=1S/C27H32F3N5O3/c1-4-18(2)24-25(37)33(15-20-11-8-12-21(13-20)27(28,29)30)16-22-34(24)23(36)17-32(3)35(22)26(38)31-14-19-9-6-5-7-10-19/h5-13,18,22,24H,4,14-17H2,1-3H3,(H,31,38)/t18?,22-,24-/m0/s1. The van der Waals surface area contributed by atoms with Gasteiger partial charge in [0, 0.05) is 20.1 Å². The van der Waals surface area contributed by atoms with Crippen molar-refractivity contribution in [3.63, 3.8) is 0 Å². The van der Waals surface area contributed by atoms with E-state index in [1.54, 1.807) is 7.05 Å². The fourth-order valence-corrected chi connectivity index (χ4v) is 5.06. The third-order valence-corrected chi connectivity index (χ3v) is 7.18. The van der Waals surface area contributed by atoms with Crippen molar-refractivity contribution in [1.82, 2.24) is 25.1 Å². The van der Waals surface area contributed by atoms with Crippen LogP contribution in [0.25, 0.3) is 0 Å². The van der Waals surface area contributed by atoms with Gasteiger partial charge in [0.15, 0.2) is 0 Å². The summed E-state index contributed by atoms with van der Waals surface area (Å²) in [5.41, 5.74) is 0.421. The minimum Gasteiger partial charge on any atom is -0.333 e. The summed E-state index contributed by atoms with van der Waals surface area (Å²) in [6, 6.07) is 13.0. The number of benzene rings is 2. The lowest BCUT2D eigenvalue weighted by Gasteiger charge is -2.55. The Kier molecular flexibility index (Phi) is 7.96. The lowest BCUT2D eigenvalue weighted by Crippen LogP contribution is -2.76. The van der Waals surface area contributed by atoms with Crippen molar-refractivity contribution < 1.29 is 27.6 Å². The summed E-state index contributed by atoms with van der Waals surface area (Å²) in [5.74, 6) is -0.839. The molecule has 4 rings (SSSR count). The van der Waals surface area contributed by atoms with Gasteiger partial charge in [0.25, 0.3) is 0 Å². The van der Waals surface area contributed by atoms with E-state index in [9.17, 15) is 27.6 Å². The Labute approximate surface area is 219 Å². The fourth-order valence-electron chi connectivity index (χ4n) is 5.06. The first-order valence-electron chi connectivity index (χ1n) is 12.6. The van der Waals surface area contributed by atoms with E-state index in [0.717, 1.165) is 17.7 Å². The van der Waals surface area contributed by atoms with E-state index >= 15 is 0 Å². The molecule has 0 saturated carbocycles. The molecule has 2 heterocycles.